The Bertz CT molecular complexity index is 997. The number of hydrogen-bond donors (Lipinski definition) is 0. The summed E-state index contributed by atoms with van der Waals surface area (Å²) >= 11 is 0. The maximum Gasteiger partial charge on any atom is 0.231 e. The van der Waals surface area contributed by atoms with Gasteiger partial charge in [-0.25, -0.2) is 4.98 Å². The van der Waals surface area contributed by atoms with E-state index in [0.717, 1.165) is 51.6 Å². The zero-order valence-corrected chi connectivity index (χ0v) is 13.4. The molecule has 5 rings (SSSR count). The monoisotopic (exact) mass is 321 g/mol. The molecule has 0 unspecified atom stereocenters. The summed E-state index contributed by atoms with van der Waals surface area (Å²) in [7, 11) is 3.30. The molecule has 0 atom stereocenters. The van der Waals surface area contributed by atoms with Crippen LogP contribution in [0.15, 0.2) is 30.3 Å². The fourth-order valence-electron chi connectivity index (χ4n) is 3.47. The van der Waals surface area contributed by atoms with E-state index in [2.05, 4.69) is 6.07 Å². The summed E-state index contributed by atoms with van der Waals surface area (Å²) in [6.45, 7) is 0.269. The van der Waals surface area contributed by atoms with Gasteiger partial charge in [0, 0.05) is 23.4 Å². The first-order valence-corrected chi connectivity index (χ1v) is 7.75. The van der Waals surface area contributed by atoms with E-state index in [1.165, 1.54) is 11.1 Å². The lowest BCUT2D eigenvalue weighted by Crippen LogP contribution is -1.93. The van der Waals surface area contributed by atoms with Crippen LogP contribution in [0.2, 0.25) is 0 Å². The molecule has 1 aromatic heterocycles. The maximum absolute atomic E-state index is 5.47. The van der Waals surface area contributed by atoms with Crippen molar-refractivity contribution in [3.8, 4) is 34.3 Å². The number of aromatic nitrogens is 1. The van der Waals surface area contributed by atoms with Crippen LogP contribution >= 0.6 is 0 Å². The van der Waals surface area contributed by atoms with Crippen LogP contribution in [-0.2, 0) is 6.42 Å². The third-order valence-corrected chi connectivity index (χ3v) is 4.63. The third kappa shape index (κ3) is 1.78. The van der Waals surface area contributed by atoms with Gasteiger partial charge in [0.2, 0.25) is 6.79 Å². The zero-order chi connectivity index (χ0) is 16.3. The predicted octanol–water partition coefficient (Wildman–Crippen LogP) is 3.55. The first-order valence-electron chi connectivity index (χ1n) is 7.75. The number of pyridine rings is 1. The van der Waals surface area contributed by atoms with Gasteiger partial charge in [0.05, 0.1) is 25.4 Å². The fraction of sp³-hybridized carbons (Fsp3) is 0.211. The molecule has 0 fully saturated rings. The lowest BCUT2D eigenvalue weighted by atomic mass is 10.1. The van der Waals surface area contributed by atoms with Crippen LogP contribution in [0.25, 0.3) is 22.2 Å². The number of hydrogen-bond acceptors (Lipinski definition) is 5. The van der Waals surface area contributed by atoms with Crippen molar-refractivity contribution in [2.24, 2.45) is 0 Å². The molecule has 0 amide bonds. The fourth-order valence-corrected chi connectivity index (χ4v) is 3.47. The average molecular weight is 321 g/mol. The largest absolute Gasteiger partial charge is 0.493 e. The van der Waals surface area contributed by atoms with Crippen molar-refractivity contribution >= 4 is 10.9 Å². The molecule has 0 saturated heterocycles. The molecule has 3 aromatic rings. The molecule has 2 aromatic carbocycles. The number of nitrogens with zero attached hydrogens (tertiary/aromatic N) is 1. The minimum absolute atomic E-state index is 0.269. The van der Waals surface area contributed by atoms with Crippen molar-refractivity contribution in [3.05, 3.63) is 41.5 Å². The molecule has 0 spiro atoms. The number of fused-ring (bicyclic) bond motifs is 5. The minimum atomic E-state index is 0.269. The number of methoxy groups -OCH3 is 2. The average Bonchev–Trinajstić information content (AvgIpc) is 3.19. The van der Waals surface area contributed by atoms with Crippen molar-refractivity contribution in [1.29, 1.82) is 0 Å². The lowest BCUT2D eigenvalue weighted by Gasteiger charge is -2.10. The molecule has 2 heterocycles. The Morgan fingerprint density at radius 2 is 1.62 bits per heavy atom. The van der Waals surface area contributed by atoms with E-state index < -0.39 is 0 Å². The van der Waals surface area contributed by atoms with Gasteiger partial charge in [-0.05, 0) is 35.4 Å². The highest BCUT2D eigenvalue weighted by Gasteiger charge is 2.24. The maximum atomic E-state index is 5.47. The summed E-state index contributed by atoms with van der Waals surface area (Å²) in [6, 6.07) is 10.2. The molecule has 1 aliphatic carbocycles. The summed E-state index contributed by atoms with van der Waals surface area (Å²) in [5, 5.41) is 1.06. The normalized spacial score (nSPS) is 13.8. The van der Waals surface area contributed by atoms with E-state index in [9.17, 15) is 0 Å². The Balaban J connectivity index is 1.72. The van der Waals surface area contributed by atoms with Crippen LogP contribution in [0, 0.1) is 0 Å². The molecule has 0 saturated carbocycles. The molecule has 0 N–H and O–H groups in total. The van der Waals surface area contributed by atoms with Crippen LogP contribution in [0.4, 0.5) is 0 Å². The highest BCUT2D eigenvalue weighted by molar-refractivity contribution is 5.89. The van der Waals surface area contributed by atoms with Gasteiger partial charge in [-0.2, -0.15) is 0 Å². The van der Waals surface area contributed by atoms with Gasteiger partial charge in [0.25, 0.3) is 0 Å². The Kier molecular flexibility index (Phi) is 2.68. The second-order valence-corrected chi connectivity index (χ2v) is 5.94. The Morgan fingerprint density at radius 3 is 2.42 bits per heavy atom. The van der Waals surface area contributed by atoms with Gasteiger partial charge in [0.15, 0.2) is 23.0 Å². The zero-order valence-electron chi connectivity index (χ0n) is 13.4. The standard InChI is InChI=1S/C19H15NO4/c1-21-15-5-10-3-12-4-11-6-17-18(24-9-23-17)8-14(11)20-19(12)13(10)7-16(15)22-2/h4-8H,3,9H2,1-2H3. The quantitative estimate of drug-likeness (QED) is 0.565. The molecule has 0 radical (unpaired) electrons. The minimum Gasteiger partial charge on any atom is -0.493 e. The summed E-state index contributed by atoms with van der Waals surface area (Å²) < 4.78 is 21.8. The van der Waals surface area contributed by atoms with Gasteiger partial charge >= 0.3 is 0 Å². The smallest absolute Gasteiger partial charge is 0.231 e. The first kappa shape index (κ1) is 13.5. The van der Waals surface area contributed by atoms with Gasteiger partial charge < -0.3 is 18.9 Å². The molecule has 5 heteroatoms. The molecule has 0 bridgehead atoms. The van der Waals surface area contributed by atoms with E-state index in [0.29, 0.717) is 0 Å². The van der Waals surface area contributed by atoms with E-state index in [-0.39, 0.29) is 6.79 Å². The summed E-state index contributed by atoms with van der Waals surface area (Å²) in [5.41, 5.74) is 5.40. The van der Waals surface area contributed by atoms with Crippen LogP contribution in [-0.4, -0.2) is 26.0 Å². The second kappa shape index (κ2) is 4.77. The van der Waals surface area contributed by atoms with Crippen molar-refractivity contribution in [3.63, 3.8) is 0 Å². The van der Waals surface area contributed by atoms with Crippen LogP contribution in [0.5, 0.6) is 23.0 Å². The number of rotatable bonds is 2. The molecule has 24 heavy (non-hydrogen) atoms. The van der Waals surface area contributed by atoms with Crippen molar-refractivity contribution in [2.45, 2.75) is 6.42 Å². The van der Waals surface area contributed by atoms with Gasteiger partial charge in [-0.1, -0.05) is 0 Å². The molecular weight excluding hydrogens is 306 g/mol. The molecule has 5 nitrogen and oxygen atoms in total. The first-order chi connectivity index (χ1) is 11.8. The lowest BCUT2D eigenvalue weighted by molar-refractivity contribution is 0.174. The Hall–Kier alpha value is -2.95. The van der Waals surface area contributed by atoms with Crippen molar-refractivity contribution in [2.75, 3.05) is 21.0 Å². The molecule has 1 aliphatic heterocycles. The van der Waals surface area contributed by atoms with Gasteiger partial charge in [-0.3, -0.25) is 0 Å². The topological polar surface area (TPSA) is 49.8 Å². The SMILES string of the molecule is COc1cc2c(cc1OC)-c1nc3cc4c(cc3cc1C2)OCO4. The van der Waals surface area contributed by atoms with Crippen molar-refractivity contribution in [1.82, 2.24) is 4.98 Å². The van der Waals surface area contributed by atoms with E-state index in [1.807, 2.05) is 24.3 Å². The third-order valence-electron chi connectivity index (χ3n) is 4.63. The van der Waals surface area contributed by atoms with Gasteiger partial charge in [0.1, 0.15) is 0 Å². The molecule has 120 valence electrons. The Morgan fingerprint density at radius 1 is 0.875 bits per heavy atom. The van der Waals surface area contributed by atoms with Crippen LogP contribution in [0.1, 0.15) is 11.1 Å². The summed E-state index contributed by atoms with van der Waals surface area (Å²) in [6.07, 6.45) is 0.836. The van der Waals surface area contributed by atoms with Crippen LogP contribution in [0.3, 0.4) is 0 Å². The van der Waals surface area contributed by atoms with Crippen LogP contribution < -0.4 is 18.9 Å². The highest BCUT2D eigenvalue weighted by Crippen LogP contribution is 2.44. The predicted molar refractivity (Wildman–Crippen MR) is 89.2 cm³/mol. The molecule has 2 aliphatic rings. The summed E-state index contributed by atoms with van der Waals surface area (Å²) in [4.78, 5) is 4.87. The Labute approximate surface area is 138 Å². The van der Waals surface area contributed by atoms with E-state index in [1.54, 1.807) is 14.2 Å². The highest BCUT2D eigenvalue weighted by atomic mass is 16.7. The molecular formula is C19H15NO4. The van der Waals surface area contributed by atoms with Gasteiger partial charge in [-0.15, -0.1) is 0 Å². The van der Waals surface area contributed by atoms with Crippen molar-refractivity contribution < 1.29 is 18.9 Å². The second-order valence-electron chi connectivity index (χ2n) is 5.94. The number of ether oxygens (including phenoxy) is 4. The summed E-state index contributed by atoms with van der Waals surface area (Å²) in [5.74, 6) is 3.00. The number of benzene rings is 2. The van der Waals surface area contributed by atoms with E-state index in [4.69, 9.17) is 23.9 Å². The van der Waals surface area contributed by atoms with E-state index >= 15 is 0 Å².